The lowest BCUT2D eigenvalue weighted by Gasteiger charge is -2.18. The molecule has 0 spiro atoms. The molecule has 0 aromatic heterocycles. The monoisotopic (exact) mass is 360 g/mol. The SMILES string of the molecule is CC1(C)Cc2cccc(OCC(=O)Nc3cc([N+](=O)[O-])ccc3F)c2O1. The van der Waals surface area contributed by atoms with Crippen molar-refractivity contribution in [1.29, 1.82) is 0 Å². The zero-order valence-electron chi connectivity index (χ0n) is 14.2. The van der Waals surface area contributed by atoms with Crippen LogP contribution in [0.15, 0.2) is 36.4 Å². The maximum atomic E-state index is 13.7. The van der Waals surface area contributed by atoms with Crippen LogP contribution in [0.1, 0.15) is 19.4 Å². The number of nitrogens with zero attached hydrogens (tertiary/aromatic N) is 1. The number of ether oxygens (including phenoxy) is 2. The minimum Gasteiger partial charge on any atom is -0.483 e. The van der Waals surface area contributed by atoms with Crippen molar-refractivity contribution in [2.75, 3.05) is 11.9 Å². The minimum atomic E-state index is -0.769. The van der Waals surface area contributed by atoms with Gasteiger partial charge in [0.1, 0.15) is 11.4 Å². The summed E-state index contributed by atoms with van der Waals surface area (Å²) >= 11 is 0. The van der Waals surface area contributed by atoms with Crippen molar-refractivity contribution in [2.24, 2.45) is 0 Å². The van der Waals surface area contributed by atoms with Gasteiger partial charge in [0.2, 0.25) is 0 Å². The van der Waals surface area contributed by atoms with Crippen LogP contribution in [0, 0.1) is 15.9 Å². The Labute approximate surface area is 148 Å². The second-order valence-corrected chi connectivity index (χ2v) is 6.54. The van der Waals surface area contributed by atoms with Crippen molar-refractivity contribution < 1.29 is 23.6 Å². The van der Waals surface area contributed by atoms with Gasteiger partial charge in [-0.25, -0.2) is 4.39 Å². The summed E-state index contributed by atoms with van der Waals surface area (Å²) in [6.45, 7) is 3.52. The van der Waals surface area contributed by atoms with E-state index in [1.165, 1.54) is 0 Å². The van der Waals surface area contributed by atoms with E-state index in [4.69, 9.17) is 9.47 Å². The number of nitro benzene ring substituents is 1. The zero-order chi connectivity index (χ0) is 18.9. The Hall–Kier alpha value is -3.16. The summed E-state index contributed by atoms with van der Waals surface area (Å²) in [7, 11) is 0. The quantitative estimate of drug-likeness (QED) is 0.651. The van der Waals surface area contributed by atoms with E-state index in [1.807, 2.05) is 19.9 Å². The molecule has 0 radical (unpaired) electrons. The van der Waals surface area contributed by atoms with Crippen LogP contribution in [0.25, 0.3) is 0 Å². The smallest absolute Gasteiger partial charge is 0.271 e. The molecule has 26 heavy (non-hydrogen) atoms. The normalized spacial score (nSPS) is 14.3. The predicted octanol–water partition coefficient (Wildman–Crippen LogP) is 3.46. The number of nitrogens with one attached hydrogen (secondary N) is 1. The topological polar surface area (TPSA) is 90.7 Å². The van der Waals surface area contributed by atoms with Gasteiger partial charge in [-0.15, -0.1) is 0 Å². The highest BCUT2D eigenvalue weighted by Gasteiger charge is 2.32. The molecule has 136 valence electrons. The van der Waals surface area contributed by atoms with Crippen LogP contribution in [0.5, 0.6) is 11.5 Å². The van der Waals surface area contributed by atoms with Gasteiger partial charge in [0.15, 0.2) is 18.1 Å². The zero-order valence-corrected chi connectivity index (χ0v) is 14.2. The highest BCUT2D eigenvalue weighted by atomic mass is 19.1. The van der Waals surface area contributed by atoms with Gasteiger partial charge in [0, 0.05) is 24.1 Å². The van der Waals surface area contributed by atoms with Gasteiger partial charge in [-0.05, 0) is 26.0 Å². The first kappa shape index (κ1) is 17.7. The second-order valence-electron chi connectivity index (χ2n) is 6.54. The van der Waals surface area contributed by atoms with Gasteiger partial charge in [-0.2, -0.15) is 0 Å². The number of rotatable bonds is 5. The molecule has 1 heterocycles. The number of nitro groups is 1. The molecule has 0 saturated heterocycles. The van der Waals surface area contributed by atoms with Crippen molar-refractivity contribution in [3.63, 3.8) is 0 Å². The summed E-state index contributed by atoms with van der Waals surface area (Å²) in [4.78, 5) is 22.1. The molecular weight excluding hydrogens is 343 g/mol. The first-order valence-corrected chi connectivity index (χ1v) is 7.93. The van der Waals surface area contributed by atoms with Crippen LogP contribution in [0.3, 0.4) is 0 Å². The van der Waals surface area contributed by atoms with Crippen molar-refractivity contribution in [3.05, 3.63) is 57.9 Å². The Morgan fingerprint density at radius 2 is 2.15 bits per heavy atom. The van der Waals surface area contributed by atoms with Gasteiger partial charge in [0.25, 0.3) is 11.6 Å². The van der Waals surface area contributed by atoms with Crippen LogP contribution >= 0.6 is 0 Å². The first-order chi connectivity index (χ1) is 12.2. The number of hydrogen-bond donors (Lipinski definition) is 1. The number of anilines is 1. The Kier molecular flexibility index (Phi) is 4.50. The third-order valence-corrected chi connectivity index (χ3v) is 3.85. The number of benzene rings is 2. The standard InChI is InChI=1S/C18H17FN2O5/c1-18(2)9-11-4-3-5-15(17(11)26-18)25-10-16(22)20-14-8-12(21(23)24)6-7-13(14)19/h3-8H,9-10H2,1-2H3,(H,20,22). The van der Waals surface area contributed by atoms with Gasteiger partial charge >= 0.3 is 0 Å². The molecule has 0 aliphatic carbocycles. The van der Waals surface area contributed by atoms with Gasteiger partial charge < -0.3 is 14.8 Å². The van der Waals surface area contributed by atoms with Crippen molar-refractivity contribution in [1.82, 2.24) is 0 Å². The number of halogens is 1. The van der Waals surface area contributed by atoms with Crippen molar-refractivity contribution in [3.8, 4) is 11.5 Å². The lowest BCUT2D eigenvalue weighted by atomic mass is 10.0. The molecule has 0 saturated carbocycles. The molecule has 0 unspecified atom stereocenters. The number of non-ortho nitro benzene ring substituents is 1. The summed E-state index contributed by atoms with van der Waals surface area (Å²) in [5.41, 5.74) is 0.0381. The Morgan fingerprint density at radius 3 is 2.88 bits per heavy atom. The van der Waals surface area contributed by atoms with Gasteiger partial charge in [-0.1, -0.05) is 12.1 Å². The van der Waals surface area contributed by atoms with E-state index in [2.05, 4.69) is 5.32 Å². The van der Waals surface area contributed by atoms with Crippen LogP contribution in [-0.4, -0.2) is 23.0 Å². The number of fused-ring (bicyclic) bond motifs is 1. The lowest BCUT2D eigenvalue weighted by molar-refractivity contribution is -0.384. The van der Waals surface area contributed by atoms with E-state index < -0.39 is 16.6 Å². The fourth-order valence-corrected chi connectivity index (χ4v) is 2.75. The lowest BCUT2D eigenvalue weighted by Crippen LogP contribution is -2.25. The summed E-state index contributed by atoms with van der Waals surface area (Å²) in [5.74, 6) is -0.400. The number of carbonyl (C=O) groups is 1. The molecule has 0 atom stereocenters. The van der Waals surface area contributed by atoms with E-state index in [0.29, 0.717) is 11.5 Å². The Bertz CT molecular complexity index is 882. The molecule has 0 fully saturated rings. The van der Waals surface area contributed by atoms with E-state index in [9.17, 15) is 19.3 Å². The second kappa shape index (κ2) is 6.62. The highest BCUT2D eigenvalue weighted by molar-refractivity contribution is 5.92. The highest BCUT2D eigenvalue weighted by Crippen LogP contribution is 2.41. The third-order valence-electron chi connectivity index (χ3n) is 3.85. The van der Waals surface area contributed by atoms with Crippen LogP contribution in [0.4, 0.5) is 15.8 Å². The molecule has 0 bridgehead atoms. The maximum Gasteiger partial charge on any atom is 0.271 e. The number of carbonyl (C=O) groups excluding carboxylic acids is 1. The fourth-order valence-electron chi connectivity index (χ4n) is 2.75. The molecule has 1 amide bonds. The van der Waals surface area contributed by atoms with E-state index in [-0.39, 0.29) is 23.6 Å². The average molecular weight is 360 g/mol. The Morgan fingerprint density at radius 1 is 1.38 bits per heavy atom. The van der Waals surface area contributed by atoms with Gasteiger partial charge in [0.05, 0.1) is 10.6 Å². The summed E-state index contributed by atoms with van der Waals surface area (Å²) < 4.78 is 25.1. The average Bonchev–Trinajstić information content (AvgIpc) is 2.89. The third kappa shape index (κ3) is 3.74. The van der Waals surface area contributed by atoms with Gasteiger partial charge in [-0.3, -0.25) is 14.9 Å². The first-order valence-electron chi connectivity index (χ1n) is 7.93. The molecular formula is C18H17FN2O5. The summed E-state index contributed by atoms with van der Waals surface area (Å²) in [6, 6.07) is 8.32. The maximum absolute atomic E-state index is 13.7. The molecule has 8 heteroatoms. The molecule has 2 aromatic carbocycles. The van der Waals surface area contributed by atoms with Crippen LogP contribution in [-0.2, 0) is 11.2 Å². The largest absolute Gasteiger partial charge is 0.483 e. The van der Waals surface area contributed by atoms with E-state index >= 15 is 0 Å². The van der Waals surface area contributed by atoms with Crippen LogP contribution in [0.2, 0.25) is 0 Å². The summed E-state index contributed by atoms with van der Waals surface area (Å²) in [6.07, 6.45) is 0.727. The molecule has 1 N–H and O–H groups in total. The number of hydrogen-bond acceptors (Lipinski definition) is 5. The molecule has 2 aromatic rings. The molecule has 1 aliphatic heterocycles. The number of para-hydroxylation sites is 1. The molecule has 3 rings (SSSR count). The van der Waals surface area contributed by atoms with Crippen molar-refractivity contribution in [2.45, 2.75) is 25.9 Å². The summed E-state index contributed by atoms with van der Waals surface area (Å²) in [5, 5.41) is 13.0. The fraction of sp³-hybridized carbons (Fsp3) is 0.278. The Balaban J connectivity index is 1.67. The molecule has 7 nitrogen and oxygen atoms in total. The van der Waals surface area contributed by atoms with Crippen molar-refractivity contribution >= 4 is 17.3 Å². The van der Waals surface area contributed by atoms with Crippen LogP contribution < -0.4 is 14.8 Å². The minimum absolute atomic E-state index is 0.275. The molecule has 1 aliphatic rings. The van der Waals surface area contributed by atoms with E-state index in [1.54, 1.807) is 12.1 Å². The predicted molar refractivity (Wildman–Crippen MR) is 92.0 cm³/mol. The number of amides is 1. The van der Waals surface area contributed by atoms with E-state index in [0.717, 1.165) is 30.2 Å².